The van der Waals surface area contributed by atoms with Crippen LogP contribution in [-0.2, 0) is 0 Å². The molecule has 126 valence electrons. The summed E-state index contributed by atoms with van der Waals surface area (Å²) in [5.74, 6) is 0.432. The molecule has 0 saturated carbocycles. The third kappa shape index (κ3) is 3.28. The van der Waals surface area contributed by atoms with Gasteiger partial charge in [0.1, 0.15) is 6.20 Å². The summed E-state index contributed by atoms with van der Waals surface area (Å²) in [4.78, 5) is 20.2. The van der Waals surface area contributed by atoms with Gasteiger partial charge in [-0.1, -0.05) is 30.3 Å². The van der Waals surface area contributed by atoms with Gasteiger partial charge >= 0.3 is 5.69 Å². The molecular formula is C16H19N5O3. The van der Waals surface area contributed by atoms with Crippen molar-refractivity contribution in [3.05, 3.63) is 52.2 Å². The lowest BCUT2D eigenvalue weighted by molar-refractivity contribution is -0.384. The molecule has 1 saturated heterocycles. The van der Waals surface area contributed by atoms with Gasteiger partial charge in [-0.2, -0.15) is 4.98 Å². The predicted octanol–water partition coefficient (Wildman–Crippen LogP) is 1.92. The summed E-state index contributed by atoms with van der Waals surface area (Å²) in [6.07, 6.45) is 2.23. The van der Waals surface area contributed by atoms with E-state index in [1.54, 1.807) is 0 Å². The van der Waals surface area contributed by atoms with E-state index in [4.69, 9.17) is 5.73 Å². The number of benzene rings is 1. The third-order valence-electron chi connectivity index (χ3n) is 4.39. The molecule has 24 heavy (non-hydrogen) atoms. The number of hydrogen-bond donors (Lipinski definition) is 2. The number of aliphatic hydroxyl groups is 1. The largest absolute Gasteiger partial charge is 0.388 e. The van der Waals surface area contributed by atoms with Gasteiger partial charge in [-0.05, 0) is 24.3 Å². The Morgan fingerprint density at radius 3 is 2.54 bits per heavy atom. The summed E-state index contributed by atoms with van der Waals surface area (Å²) in [7, 11) is 0. The van der Waals surface area contributed by atoms with E-state index in [0.29, 0.717) is 19.0 Å². The van der Waals surface area contributed by atoms with E-state index < -0.39 is 11.0 Å². The first-order valence-electron chi connectivity index (χ1n) is 7.81. The second-order valence-electron chi connectivity index (χ2n) is 5.88. The zero-order valence-electron chi connectivity index (χ0n) is 13.1. The van der Waals surface area contributed by atoms with Gasteiger partial charge in [0.15, 0.2) is 0 Å². The molecule has 1 aliphatic heterocycles. The fourth-order valence-electron chi connectivity index (χ4n) is 3.01. The van der Waals surface area contributed by atoms with Gasteiger partial charge < -0.3 is 15.7 Å². The van der Waals surface area contributed by atoms with E-state index in [-0.39, 0.29) is 17.4 Å². The highest BCUT2D eigenvalue weighted by molar-refractivity contribution is 5.53. The van der Waals surface area contributed by atoms with Gasteiger partial charge in [0.05, 0.1) is 11.0 Å². The second kappa shape index (κ2) is 6.79. The summed E-state index contributed by atoms with van der Waals surface area (Å²) < 4.78 is 0. The number of nitrogen functional groups attached to an aromatic ring is 1. The lowest BCUT2D eigenvalue weighted by Crippen LogP contribution is -2.36. The summed E-state index contributed by atoms with van der Waals surface area (Å²) in [6, 6.07) is 9.62. The average molecular weight is 329 g/mol. The monoisotopic (exact) mass is 329 g/mol. The molecule has 8 heteroatoms. The zero-order valence-corrected chi connectivity index (χ0v) is 13.1. The van der Waals surface area contributed by atoms with Crippen LogP contribution in [0.1, 0.15) is 24.5 Å². The Morgan fingerprint density at radius 1 is 1.29 bits per heavy atom. The van der Waals surface area contributed by atoms with E-state index >= 15 is 0 Å². The zero-order chi connectivity index (χ0) is 17.1. The maximum atomic E-state index is 10.8. The molecule has 0 radical (unpaired) electrons. The van der Waals surface area contributed by atoms with E-state index in [1.807, 2.05) is 35.2 Å². The number of nitrogens with zero attached hydrogens (tertiary/aromatic N) is 4. The standard InChI is InChI=1S/C16H19N5O3/c17-15-13(21(23)24)10-18-16(19-15)20-8-6-12(7-9-20)14(22)11-4-2-1-3-5-11/h1-5,10,12,14,22H,6-9H2,(H2,17,18,19)/t14-/m0/s1. The molecule has 1 atom stereocenters. The van der Waals surface area contributed by atoms with Crippen molar-refractivity contribution >= 4 is 17.5 Å². The van der Waals surface area contributed by atoms with Gasteiger partial charge in [-0.25, -0.2) is 4.98 Å². The highest BCUT2D eigenvalue weighted by Gasteiger charge is 2.28. The van der Waals surface area contributed by atoms with Gasteiger partial charge in [0.2, 0.25) is 11.8 Å². The van der Waals surface area contributed by atoms with Crippen LogP contribution in [0, 0.1) is 16.0 Å². The lowest BCUT2D eigenvalue weighted by Gasteiger charge is -2.34. The number of aliphatic hydroxyl groups excluding tert-OH is 1. The van der Waals surface area contributed by atoms with Crippen LogP contribution in [0.3, 0.4) is 0 Å². The van der Waals surface area contributed by atoms with Crippen LogP contribution < -0.4 is 10.6 Å². The molecule has 3 rings (SSSR count). The quantitative estimate of drug-likeness (QED) is 0.649. The Labute approximate surface area is 139 Å². The molecule has 1 fully saturated rings. The minimum Gasteiger partial charge on any atom is -0.388 e. The molecule has 0 unspecified atom stereocenters. The number of piperidine rings is 1. The van der Waals surface area contributed by atoms with Crippen molar-refractivity contribution in [2.24, 2.45) is 5.92 Å². The van der Waals surface area contributed by atoms with E-state index in [0.717, 1.165) is 24.6 Å². The summed E-state index contributed by atoms with van der Waals surface area (Å²) in [5, 5.41) is 21.3. The summed E-state index contributed by atoms with van der Waals surface area (Å²) >= 11 is 0. The maximum Gasteiger partial charge on any atom is 0.329 e. The normalized spacial score (nSPS) is 16.8. The first-order valence-corrected chi connectivity index (χ1v) is 7.81. The molecular weight excluding hydrogens is 310 g/mol. The molecule has 8 nitrogen and oxygen atoms in total. The van der Waals surface area contributed by atoms with Crippen LogP contribution in [0.4, 0.5) is 17.5 Å². The minimum absolute atomic E-state index is 0.128. The van der Waals surface area contributed by atoms with Crippen molar-refractivity contribution in [2.45, 2.75) is 18.9 Å². The van der Waals surface area contributed by atoms with Crippen molar-refractivity contribution < 1.29 is 10.0 Å². The molecule has 0 aliphatic carbocycles. The Balaban J connectivity index is 1.65. The topological polar surface area (TPSA) is 118 Å². The SMILES string of the molecule is Nc1nc(N2CCC([C@@H](O)c3ccccc3)CC2)ncc1[N+](=O)[O-]. The molecule has 0 spiro atoms. The number of anilines is 2. The van der Waals surface area contributed by atoms with Crippen LogP contribution in [0.5, 0.6) is 0 Å². The number of nitro groups is 1. The minimum atomic E-state index is -0.596. The van der Waals surface area contributed by atoms with Crippen LogP contribution >= 0.6 is 0 Å². The first-order chi connectivity index (χ1) is 11.6. The predicted molar refractivity (Wildman–Crippen MR) is 89.4 cm³/mol. The molecule has 1 aromatic carbocycles. The molecule has 1 aliphatic rings. The fourth-order valence-corrected chi connectivity index (χ4v) is 3.01. The Hall–Kier alpha value is -2.74. The molecule has 1 aromatic heterocycles. The fraction of sp³-hybridized carbons (Fsp3) is 0.375. The summed E-state index contributed by atoms with van der Waals surface area (Å²) in [5.41, 5.74) is 6.26. The number of hydrogen-bond acceptors (Lipinski definition) is 7. The Bertz CT molecular complexity index is 717. The smallest absolute Gasteiger partial charge is 0.329 e. The van der Waals surface area contributed by atoms with Crippen molar-refractivity contribution in [2.75, 3.05) is 23.7 Å². The van der Waals surface area contributed by atoms with E-state index in [2.05, 4.69) is 9.97 Å². The summed E-state index contributed by atoms with van der Waals surface area (Å²) in [6.45, 7) is 1.34. The average Bonchev–Trinajstić information content (AvgIpc) is 2.61. The highest BCUT2D eigenvalue weighted by atomic mass is 16.6. The van der Waals surface area contributed by atoms with Crippen molar-refractivity contribution in [3.8, 4) is 0 Å². The van der Waals surface area contributed by atoms with Gasteiger partial charge in [-0.15, -0.1) is 0 Å². The van der Waals surface area contributed by atoms with Gasteiger partial charge in [0.25, 0.3) is 0 Å². The first kappa shape index (κ1) is 16.1. The van der Waals surface area contributed by atoms with Crippen LogP contribution in [0.15, 0.2) is 36.5 Å². The van der Waals surface area contributed by atoms with Gasteiger partial charge in [0, 0.05) is 13.1 Å². The van der Waals surface area contributed by atoms with Crippen LogP contribution in [0.25, 0.3) is 0 Å². The van der Waals surface area contributed by atoms with E-state index in [1.165, 1.54) is 0 Å². The Kier molecular flexibility index (Phi) is 4.57. The maximum absolute atomic E-state index is 10.8. The number of nitrogens with two attached hydrogens (primary N) is 1. The van der Waals surface area contributed by atoms with Crippen molar-refractivity contribution in [3.63, 3.8) is 0 Å². The molecule has 2 heterocycles. The molecule has 0 amide bonds. The molecule has 0 bridgehead atoms. The molecule has 2 aromatic rings. The Morgan fingerprint density at radius 2 is 1.96 bits per heavy atom. The highest BCUT2D eigenvalue weighted by Crippen LogP contribution is 2.32. The number of rotatable bonds is 4. The lowest BCUT2D eigenvalue weighted by atomic mass is 9.87. The van der Waals surface area contributed by atoms with Crippen molar-refractivity contribution in [1.82, 2.24) is 9.97 Å². The van der Waals surface area contributed by atoms with Crippen LogP contribution in [-0.4, -0.2) is 33.1 Å². The second-order valence-corrected chi connectivity index (χ2v) is 5.88. The third-order valence-corrected chi connectivity index (χ3v) is 4.39. The number of aromatic nitrogens is 2. The van der Waals surface area contributed by atoms with Crippen LogP contribution in [0.2, 0.25) is 0 Å². The van der Waals surface area contributed by atoms with E-state index in [9.17, 15) is 15.2 Å². The van der Waals surface area contributed by atoms with Gasteiger partial charge in [-0.3, -0.25) is 10.1 Å². The molecule has 3 N–H and O–H groups in total. The van der Waals surface area contributed by atoms with Crippen molar-refractivity contribution in [1.29, 1.82) is 0 Å².